The number of aryl methyl sites for hydroxylation is 4. The summed E-state index contributed by atoms with van der Waals surface area (Å²) in [6.07, 6.45) is 9.28. The summed E-state index contributed by atoms with van der Waals surface area (Å²) in [4.78, 5) is 11.6. The molecule has 0 radical (unpaired) electrons. The molecule has 2 aliphatic rings. The summed E-state index contributed by atoms with van der Waals surface area (Å²) in [7, 11) is 0. The van der Waals surface area contributed by atoms with Gasteiger partial charge in [0.25, 0.3) is 0 Å². The van der Waals surface area contributed by atoms with E-state index in [0.717, 1.165) is 73.4 Å². The molecule has 38 heavy (non-hydrogen) atoms. The molecule has 2 aliphatic carbocycles. The van der Waals surface area contributed by atoms with Gasteiger partial charge in [0.2, 0.25) is 11.9 Å². The molecule has 1 atom stereocenters. The molecule has 3 N–H and O–H groups in total. The minimum Gasteiger partial charge on any atom is -0.368 e. The molecule has 4 aromatic rings. The predicted octanol–water partition coefficient (Wildman–Crippen LogP) is 4.52. The highest BCUT2D eigenvalue weighted by Gasteiger charge is 2.22. The molecule has 6 rings (SSSR count). The maximum atomic E-state index is 6.28. The van der Waals surface area contributed by atoms with Gasteiger partial charge in [-0.15, -0.1) is 15.3 Å². The highest BCUT2D eigenvalue weighted by atomic mass is 15.4. The van der Waals surface area contributed by atoms with E-state index < -0.39 is 0 Å². The molecular formula is C29H35N9. The van der Waals surface area contributed by atoms with E-state index in [2.05, 4.69) is 73.6 Å². The standard InChI is InChI=1S/C29H35N9/c1-3-37(4-2)23-14-11-19-10-13-22(17-20(19)12-15-23)32-29-33-28(30)38(36-29)26-18-21-7-5-9-25-24(8-6-16-31-25)27(21)35-34-26/h6,8,10,13,16-18,23H,3-5,7,9,11-12,14-15H2,1-2H3,(H3,30,32,33,36)/t23-/m0/s1. The maximum absolute atomic E-state index is 6.28. The van der Waals surface area contributed by atoms with Crippen LogP contribution in [0.3, 0.4) is 0 Å². The number of fused-ring (bicyclic) bond motifs is 4. The molecular weight excluding hydrogens is 474 g/mol. The van der Waals surface area contributed by atoms with Crippen molar-refractivity contribution >= 4 is 17.6 Å². The molecule has 3 aromatic heterocycles. The quantitative estimate of drug-likeness (QED) is 0.365. The lowest BCUT2D eigenvalue weighted by Gasteiger charge is -2.28. The van der Waals surface area contributed by atoms with Crippen molar-refractivity contribution in [1.29, 1.82) is 0 Å². The lowest BCUT2D eigenvalue weighted by atomic mass is 10.0. The molecule has 196 valence electrons. The molecule has 3 heterocycles. The van der Waals surface area contributed by atoms with Crippen LogP contribution in [0.15, 0.2) is 42.6 Å². The minimum absolute atomic E-state index is 0.272. The lowest BCUT2D eigenvalue weighted by Crippen LogP contribution is -2.35. The number of hydrogen-bond donors (Lipinski definition) is 2. The van der Waals surface area contributed by atoms with E-state index in [4.69, 9.17) is 5.73 Å². The number of hydrogen-bond acceptors (Lipinski definition) is 8. The van der Waals surface area contributed by atoms with Gasteiger partial charge in [0.1, 0.15) is 0 Å². The lowest BCUT2D eigenvalue weighted by molar-refractivity contribution is 0.199. The Morgan fingerprint density at radius 3 is 2.66 bits per heavy atom. The third kappa shape index (κ3) is 4.74. The zero-order valence-corrected chi connectivity index (χ0v) is 22.2. The van der Waals surface area contributed by atoms with Gasteiger partial charge in [0.15, 0.2) is 5.82 Å². The van der Waals surface area contributed by atoms with Crippen molar-refractivity contribution in [3.8, 4) is 17.1 Å². The highest BCUT2D eigenvalue weighted by molar-refractivity contribution is 5.67. The van der Waals surface area contributed by atoms with Gasteiger partial charge >= 0.3 is 0 Å². The number of rotatable bonds is 6. The summed E-state index contributed by atoms with van der Waals surface area (Å²) in [5.41, 5.74) is 14.2. The Bertz CT molecular complexity index is 1440. The van der Waals surface area contributed by atoms with Crippen LogP contribution in [-0.2, 0) is 25.7 Å². The number of nitrogens with two attached hydrogens (primary N) is 1. The summed E-state index contributed by atoms with van der Waals surface area (Å²) in [6.45, 7) is 6.74. The van der Waals surface area contributed by atoms with Gasteiger partial charge in [0, 0.05) is 29.2 Å². The van der Waals surface area contributed by atoms with Crippen LogP contribution in [0.1, 0.15) is 55.5 Å². The average molecular weight is 510 g/mol. The topological polar surface area (TPSA) is 111 Å². The predicted molar refractivity (Wildman–Crippen MR) is 150 cm³/mol. The zero-order chi connectivity index (χ0) is 26.1. The van der Waals surface area contributed by atoms with Gasteiger partial charge in [-0.3, -0.25) is 4.98 Å². The van der Waals surface area contributed by atoms with Crippen molar-refractivity contribution in [2.75, 3.05) is 24.1 Å². The van der Waals surface area contributed by atoms with Crippen LogP contribution in [-0.4, -0.2) is 54.0 Å². The molecule has 0 unspecified atom stereocenters. The molecule has 0 saturated heterocycles. The summed E-state index contributed by atoms with van der Waals surface area (Å²) < 4.78 is 1.56. The molecule has 9 heteroatoms. The molecule has 1 aromatic carbocycles. The fraction of sp³-hybridized carbons (Fsp3) is 0.414. The molecule has 0 saturated carbocycles. The Morgan fingerprint density at radius 2 is 1.82 bits per heavy atom. The first-order chi connectivity index (χ1) is 18.6. The summed E-state index contributed by atoms with van der Waals surface area (Å²) in [5.74, 6) is 1.29. The number of aromatic nitrogens is 6. The van der Waals surface area contributed by atoms with E-state index in [0.29, 0.717) is 17.8 Å². The maximum Gasteiger partial charge on any atom is 0.248 e. The third-order valence-corrected chi connectivity index (χ3v) is 8.00. The molecule has 0 bridgehead atoms. The second kappa shape index (κ2) is 10.5. The third-order valence-electron chi connectivity index (χ3n) is 8.00. The van der Waals surface area contributed by atoms with Crippen LogP contribution in [0.4, 0.5) is 17.6 Å². The first-order valence-corrected chi connectivity index (χ1v) is 13.8. The van der Waals surface area contributed by atoms with E-state index in [9.17, 15) is 0 Å². The molecule has 0 aliphatic heterocycles. The monoisotopic (exact) mass is 509 g/mol. The molecule has 0 spiro atoms. The van der Waals surface area contributed by atoms with E-state index >= 15 is 0 Å². The van der Waals surface area contributed by atoms with Crippen LogP contribution in [0.5, 0.6) is 0 Å². The Labute approximate surface area is 223 Å². The van der Waals surface area contributed by atoms with Gasteiger partial charge in [-0.1, -0.05) is 19.9 Å². The van der Waals surface area contributed by atoms with Gasteiger partial charge < -0.3 is 16.0 Å². The summed E-state index contributed by atoms with van der Waals surface area (Å²) >= 11 is 0. The first-order valence-electron chi connectivity index (χ1n) is 13.8. The largest absolute Gasteiger partial charge is 0.368 e. The van der Waals surface area contributed by atoms with Gasteiger partial charge in [0.05, 0.1) is 5.69 Å². The van der Waals surface area contributed by atoms with Gasteiger partial charge in [-0.2, -0.15) is 9.67 Å². The highest BCUT2D eigenvalue weighted by Crippen LogP contribution is 2.31. The first kappa shape index (κ1) is 24.5. The number of benzene rings is 1. The van der Waals surface area contributed by atoms with Crippen molar-refractivity contribution in [2.24, 2.45) is 0 Å². The Balaban J connectivity index is 1.22. The fourth-order valence-electron chi connectivity index (χ4n) is 5.99. The van der Waals surface area contributed by atoms with E-state index in [1.54, 1.807) is 4.68 Å². The molecule has 0 amide bonds. The Hall–Kier alpha value is -3.85. The second-order valence-electron chi connectivity index (χ2n) is 10.2. The van der Waals surface area contributed by atoms with Crippen molar-refractivity contribution in [1.82, 2.24) is 34.8 Å². The summed E-state index contributed by atoms with van der Waals surface area (Å²) in [5, 5.41) is 17.0. The van der Waals surface area contributed by atoms with Crippen molar-refractivity contribution in [3.63, 3.8) is 0 Å². The van der Waals surface area contributed by atoms with Crippen molar-refractivity contribution in [2.45, 2.75) is 64.8 Å². The van der Waals surface area contributed by atoms with Gasteiger partial charge in [-0.05, 0) is 105 Å². The number of nitrogens with one attached hydrogen (secondary N) is 1. The van der Waals surface area contributed by atoms with Crippen LogP contribution in [0, 0.1) is 0 Å². The number of nitrogens with zero attached hydrogens (tertiary/aromatic N) is 7. The Kier molecular flexibility index (Phi) is 6.76. The average Bonchev–Trinajstić information content (AvgIpc) is 3.08. The smallest absolute Gasteiger partial charge is 0.248 e. The number of nitrogen functional groups attached to an aromatic ring is 1. The van der Waals surface area contributed by atoms with E-state index in [-0.39, 0.29) is 5.95 Å². The zero-order valence-electron chi connectivity index (χ0n) is 22.2. The van der Waals surface area contributed by atoms with E-state index in [1.165, 1.54) is 24.0 Å². The number of anilines is 3. The van der Waals surface area contributed by atoms with Gasteiger partial charge in [-0.25, -0.2) is 0 Å². The Morgan fingerprint density at radius 1 is 0.974 bits per heavy atom. The minimum atomic E-state index is 0.272. The van der Waals surface area contributed by atoms with Crippen LogP contribution in [0.2, 0.25) is 0 Å². The van der Waals surface area contributed by atoms with Crippen molar-refractivity contribution < 1.29 is 0 Å². The SMILES string of the molecule is CCN(CC)[C@H]1CCc2ccc(Nc3nc(N)n(-c4cc5c(nn4)-c4cccnc4CCC5)n3)cc2CC1. The summed E-state index contributed by atoms with van der Waals surface area (Å²) in [6, 6.07) is 13.3. The van der Waals surface area contributed by atoms with E-state index in [1.807, 2.05) is 18.3 Å². The fourth-order valence-corrected chi connectivity index (χ4v) is 5.99. The normalized spacial score (nSPS) is 16.8. The number of pyridine rings is 1. The molecule has 0 fully saturated rings. The van der Waals surface area contributed by atoms with Crippen LogP contribution >= 0.6 is 0 Å². The molecule has 9 nitrogen and oxygen atoms in total. The second-order valence-corrected chi connectivity index (χ2v) is 10.2. The van der Waals surface area contributed by atoms with Crippen LogP contribution in [0.25, 0.3) is 17.1 Å². The van der Waals surface area contributed by atoms with Crippen molar-refractivity contribution in [3.05, 3.63) is 65.0 Å². The van der Waals surface area contributed by atoms with Crippen LogP contribution < -0.4 is 11.1 Å².